The molecule has 1 aliphatic carbocycles. The molecule has 5 rings (SSSR count). The molecule has 0 radical (unpaired) electrons. The van der Waals surface area contributed by atoms with E-state index in [0.29, 0.717) is 30.3 Å². The van der Waals surface area contributed by atoms with E-state index in [9.17, 15) is 9.59 Å². The number of aromatic nitrogens is 2. The van der Waals surface area contributed by atoms with Crippen LogP contribution in [0.4, 0.5) is 0 Å². The number of benzene rings is 2. The number of hydrogen-bond acceptors (Lipinski definition) is 3. The lowest BCUT2D eigenvalue weighted by atomic mass is 9.95. The second kappa shape index (κ2) is 9.45. The largest absolute Gasteiger partial charge is 0.356 e. The minimum atomic E-state index is -0.148. The van der Waals surface area contributed by atoms with Crippen molar-refractivity contribution in [1.29, 1.82) is 0 Å². The normalized spacial score (nSPS) is 18.1. The minimum Gasteiger partial charge on any atom is -0.356 e. The van der Waals surface area contributed by atoms with Crippen LogP contribution < -0.4 is 5.32 Å². The molecule has 2 aromatic carbocycles. The number of piperidine rings is 1. The quantitative estimate of drug-likeness (QED) is 0.592. The Bertz CT molecular complexity index is 1200. The van der Waals surface area contributed by atoms with Crippen LogP contribution in [0.5, 0.6) is 0 Å². The van der Waals surface area contributed by atoms with Gasteiger partial charge in [0.15, 0.2) is 0 Å². The lowest BCUT2D eigenvalue weighted by molar-refractivity contribution is -0.126. The lowest BCUT2D eigenvalue weighted by Crippen LogP contribution is -2.45. The van der Waals surface area contributed by atoms with Crippen LogP contribution in [0.25, 0.3) is 16.9 Å². The zero-order valence-corrected chi connectivity index (χ0v) is 20.0. The van der Waals surface area contributed by atoms with Crippen molar-refractivity contribution in [2.45, 2.75) is 39.5 Å². The number of amides is 2. The van der Waals surface area contributed by atoms with E-state index in [1.54, 1.807) is 4.68 Å². The standard InChI is InChI=1S/C28H32N4O2/c1-19-10-13-24(20(2)15-19)26-25(18-32(30-26)23-8-4-3-5-9-23)28(34)31-14-6-7-22(17-31)27(33)29-16-21-11-12-21/h3-5,8-10,13,15,18,21-22H,6-7,11-12,14,16-17H2,1-2H3,(H,29,33). The van der Waals surface area contributed by atoms with Gasteiger partial charge in [-0.15, -0.1) is 0 Å². The summed E-state index contributed by atoms with van der Waals surface area (Å²) in [6, 6.07) is 16.1. The first-order valence-corrected chi connectivity index (χ1v) is 12.3. The maximum absolute atomic E-state index is 13.8. The van der Waals surface area contributed by atoms with Crippen molar-refractivity contribution in [3.8, 4) is 16.9 Å². The average molecular weight is 457 g/mol. The number of para-hydroxylation sites is 1. The molecular weight excluding hydrogens is 424 g/mol. The number of carbonyl (C=O) groups excluding carboxylic acids is 2. The predicted molar refractivity (Wildman–Crippen MR) is 133 cm³/mol. The van der Waals surface area contributed by atoms with Crippen LogP contribution in [0, 0.1) is 25.7 Å². The number of hydrogen-bond donors (Lipinski definition) is 1. The van der Waals surface area contributed by atoms with E-state index in [0.717, 1.165) is 36.2 Å². The fraction of sp³-hybridized carbons (Fsp3) is 0.393. The molecule has 6 nitrogen and oxygen atoms in total. The molecule has 1 saturated heterocycles. The van der Waals surface area contributed by atoms with Crippen molar-refractivity contribution >= 4 is 11.8 Å². The van der Waals surface area contributed by atoms with Gasteiger partial charge in [0.05, 0.1) is 17.2 Å². The van der Waals surface area contributed by atoms with Gasteiger partial charge in [-0.1, -0.05) is 42.0 Å². The maximum atomic E-state index is 13.8. The Kier molecular flexibility index (Phi) is 6.22. The van der Waals surface area contributed by atoms with E-state index in [4.69, 9.17) is 5.10 Å². The van der Waals surface area contributed by atoms with Gasteiger partial charge in [0.25, 0.3) is 5.91 Å². The molecule has 2 heterocycles. The molecule has 1 N–H and O–H groups in total. The monoisotopic (exact) mass is 456 g/mol. The summed E-state index contributed by atoms with van der Waals surface area (Å²) < 4.78 is 1.78. The molecule has 3 aromatic rings. The van der Waals surface area contributed by atoms with Gasteiger partial charge >= 0.3 is 0 Å². The number of likely N-dealkylation sites (tertiary alicyclic amines) is 1. The van der Waals surface area contributed by atoms with Gasteiger partial charge in [-0.3, -0.25) is 9.59 Å². The topological polar surface area (TPSA) is 67.2 Å². The first-order valence-electron chi connectivity index (χ1n) is 12.3. The Morgan fingerprint density at radius 1 is 1.06 bits per heavy atom. The highest BCUT2D eigenvalue weighted by Crippen LogP contribution is 2.30. The molecule has 1 atom stereocenters. The van der Waals surface area contributed by atoms with Gasteiger partial charge in [0, 0.05) is 31.4 Å². The number of nitrogens with zero attached hydrogens (tertiary/aromatic N) is 3. The van der Waals surface area contributed by atoms with Crippen LogP contribution in [-0.2, 0) is 4.79 Å². The summed E-state index contributed by atoms with van der Waals surface area (Å²) in [5.41, 5.74) is 5.39. The molecule has 1 saturated carbocycles. The summed E-state index contributed by atoms with van der Waals surface area (Å²) in [6.45, 7) is 6.00. The summed E-state index contributed by atoms with van der Waals surface area (Å²) in [5, 5.41) is 7.95. The lowest BCUT2D eigenvalue weighted by Gasteiger charge is -2.32. The second-order valence-corrected chi connectivity index (χ2v) is 9.77. The van der Waals surface area contributed by atoms with E-state index < -0.39 is 0 Å². The Balaban J connectivity index is 1.44. The van der Waals surface area contributed by atoms with Gasteiger partial charge in [0.1, 0.15) is 5.69 Å². The van der Waals surface area contributed by atoms with Crippen molar-refractivity contribution in [3.05, 3.63) is 71.4 Å². The Morgan fingerprint density at radius 3 is 2.59 bits per heavy atom. The van der Waals surface area contributed by atoms with Crippen molar-refractivity contribution < 1.29 is 9.59 Å². The van der Waals surface area contributed by atoms with Crippen LogP contribution >= 0.6 is 0 Å². The second-order valence-electron chi connectivity index (χ2n) is 9.77. The van der Waals surface area contributed by atoms with E-state index in [1.165, 1.54) is 18.4 Å². The van der Waals surface area contributed by atoms with E-state index >= 15 is 0 Å². The van der Waals surface area contributed by atoms with Crippen molar-refractivity contribution in [3.63, 3.8) is 0 Å². The van der Waals surface area contributed by atoms with Gasteiger partial charge in [-0.05, 0) is 63.1 Å². The molecule has 0 bridgehead atoms. The Labute approximate surface area is 201 Å². The molecular formula is C28H32N4O2. The highest BCUT2D eigenvalue weighted by molar-refractivity contribution is 6.00. The highest BCUT2D eigenvalue weighted by Gasteiger charge is 2.32. The van der Waals surface area contributed by atoms with Crippen molar-refractivity contribution in [2.24, 2.45) is 11.8 Å². The number of aryl methyl sites for hydroxylation is 2. The number of rotatable bonds is 6. The maximum Gasteiger partial charge on any atom is 0.257 e. The summed E-state index contributed by atoms with van der Waals surface area (Å²) in [7, 11) is 0. The smallest absolute Gasteiger partial charge is 0.257 e. The van der Waals surface area contributed by atoms with Gasteiger partial charge in [-0.2, -0.15) is 5.10 Å². The SMILES string of the molecule is Cc1ccc(-c2nn(-c3ccccc3)cc2C(=O)N2CCCC(C(=O)NCC3CC3)C2)c(C)c1. The zero-order chi connectivity index (χ0) is 23.7. The third-order valence-electron chi connectivity index (χ3n) is 6.94. The van der Waals surface area contributed by atoms with Crippen LogP contribution in [-0.4, -0.2) is 46.1 Å². The molecule has 2 fully saturated rings. The molecule has 6 heteroatoms. The van der Waals surface area contributed by atoms with Crippen LogP contribution in [0.2, 0.25) is 0 Å². The molecule has 1 aromatic heterocycles. The third kappa shape index (κ3) is 4.76. The molecule has 0 spiro atoms. The van der Waals surface area contributed by atoms with Crippen LogP contribution in [0.15, 0.2) is 54.7 Å². The van der Waals surface area contributed by atoms with Gasteiger partial charge < -0.3 is 10.2 Å². The summed E-state index contributed by atoms with van der Waals surface area (Å²) in [6.07, 6.45) is 5.92. The zero-order valence-electron chi connectivity index (χ0n) is 20.0. The fourth-order valence-corrected chi connectivity index (χ4v) is 4.78. The van der Waals surface area contributed by atoms with Gasteiger partial charge in [-0.25, -0.2) is 4.68 Å². The Morgan fingerprint density at radius 2 is 1.85 bits per heavy atom. The predicted octanol–water partition coefficient (Wildman–Crippen LogP) is 4.53. The minimum absolute atomic E-state index is 0.0585. The number of carbonyl (C=O) groups is 2. The van der Waals surface area contributed by atoms with Gasteiger partial charge in [0.2, 0.25) is 5.91 Å². The summed E-state index contributed by atoms with van der Waals surface area (Å²) in [5.74, 6) is 0.524. The Hall–Kier alpha value is -3.41. The van der Waals surface area contributed by atoms with E-state index in [1.807, 2.05) is 47.5 Å². The first-order chi connectivity index (χ1) is 16.5. The van der Waals surface area contributed by atoms with Crippen molar-refractivity contribution in [1.82, 2.24) is 20.0 Å². The molecule has 176 valence electrons. The third-order valence-corrected chi connectivity index (χ3v) is 6.94. The van der Waals surface area contributed by atoms with Crippen LogP contribution in [0.3, 0.4) is 0 Å². The number of nitrogens with one attached hydrogen (secondary N) is 1. The molecule has 34 heavy (non-hydrogen) atoms. The molecule has 2 aliphatic rings. The summed E-state index contributed by atoms with van der Waals surface area (Å²) >= 11 is 0. The molecule has 1 aliphatic heterocycles. The molecule has 1 unspecified atom stereocenters. The van der Waals surface area contributed by atoms with E-state index in [-0.39, 0.29) is 17.7 Å². The fourth-order valence-electron chi connectivity index (χ4n) is 4.78. The first kappa shape index (κ1) is 22.4. The van der Waals surface area contributed by atoms with Crippen LogP contribution in [0.1, 0.15) is 47.2 Å². The van der Waals surface area contributed by atoms with Crippen molar-refractivity contribution in [2.75, 3.05) is 19.6 Å². The summed E-state index contributed by atoms with van der Waals surface area (Å²) in [4.78, 5) is 28.4. The average Bonchev–Trinajstić information content (AvgIpc) is 3.59. The highest BCUT2D eigenvalue weighted by atomic mass is 16.2. The van der Waals surface area contributed by atoms with E-state index in [2.05, 4.69) is 31.3 Å². The molecule has 2 amide bonds.